The molecular formula is C14H20F3O5P2+. The number of benzene rings is 1. The zero-order valence-corrected chi connectivity index (χ0v) is 15.3. The molecule has 4 unspecified atom stereocenters. The van der Waals surface area contributed by atoms with Crippen LogP contribution in [0.4, 0.5) is 13.2 Å². The first kappa shape index (κ1) is 21.3. The van der Waals surface area contributed by atoms with Crippen molar-refractivity contribution in [1.29, 1.82) is 0 Å². The van der Waals surface area contributed by atoms with Gasteiger partial charge in [0.05, 0.1) is 11.7 Å². The Balaban J connectivity index is 2.65. The SMILES string of the molecule is CCC(C)OP(=O)(O)C[P+](=O)OC(C)c1ccc(C(F)(F)F)cc1. The van der Waals surface area contributed by atoms with Gasteiger partial charge in [0.1, 0.15) is 6.10 Å². The highest BCUT2D eigenvalue weighted by Crippen LogP contribution is 2.52. The van der Waals surface area contributed by atoms with Crippen molar-refractivity contribution in [2.45, 2.75) is 45.6 Å². The van der Waals surface area contributed by atoms with Gasteiger partial charge < -0.3 is 9.42 Å². The van der Waals surface area contributed by atoms with Gasteiger partial charge in [-0.1, -0.05) is 19.1 Å². The molecule has 0 bridgehead atoms. The lowest BCUT2D eigenvalue weighted by atomic mass is 10.1. The van der Waals surface area contributed by atoms with E-state index in [4.69, 9.17) is 9.05 Å². The Labute approximate surface area is 139 Å². The molecule has 0 amide bonds. The third-order valence-electron chi connectivity index (χ3n) is 3.20. The van der Waals surface area contributed by atoms with Crippen molar-refractivity contribution in [1.82, 2.24) is 0 Å². The van der Waals surface area contributed by atoms with Gasteiger partial charge in [0.25, 0.3) is 5.90 Å². The molecule has 0 aliphatic carbocycles. The number of rotatable bonds is 8. The summed E-state index contributed by atoms with van der Waals surface area (Å²) < 4.78 is 71.2. The van der Waals surface area contributed by atoms with Crippen LogP contribution >= 0.6 is 15.6 Å². The van der Waals surface area contributed by atoms with Crippen molar-refractivity contribution < 1.29 is 36.2 Å². The monoisotopic (exact) mass is 387 g/mol. The largest absolute Gasteiger partial charge is 0.521 e. The van der Waals surface area contributed by atoms with Gasteiger partial charge in [-0.3, -0.25) is 4.57 Å². The van der Waals surface area contributed by atoms with E-state index in [1.54, 1.807) is 13.8 Å². The minimum Gasteiger partial charge on any atom is -0.321 e. The smallest absolute Gasteiger partial charge is 0.321 e. The fourth-order valence-corrected chi connectivity index (χ4v) is 4.64. The van der Waals surface area contributed by atoms with E-state index in [1.807, 2.05) is 0 Å². The van der Waals surface area contributed by atoms with Gasteiger partial charge in [-0.15, -0.1) is 4.52 Å². The Morgan fingerprint density at radius 2 is 1.79 bits per heavy atom. The zero-order valence-electron chi connectivity index (χ0n) is 13.5. The van der Waals surface area contributed by atoms with E-state index in [2.05, 4.69) is 0 Å². The second-order valence-electron chi connectivity index (χ2n) is 5.30. The molecule has 0 spiro atoms. The summed E-state index contributed by atoms with van der Waals surface area (Å²) in [6.45, 7) is 4.88. The predicted molar refractivity (Wildman–Crippen MR) is 84.1 cm³/mol. The molecule has 1 aromatic rings. The summed E-state index contributed by atoms with van der Waals surface area (Å²) in [7, 11) is -6.56. The van der Waals surface area contributed by atoms with Crippen LogP contribution in [-0.4, -0.2) is 16.9 Å². The molecule has 24 heavy (non-hydrogen) atoms. The average molecular weight is 387 g/mol. The molecule has 1 aromatic carbocycles. The van der Waals surface area contributed by atoms with E-state index in [0.29, 0.717) is 12.0 Å². The third-order valence-corrected chi connectivity index (χ3v) is 6.79. The second-order valence-corrected chi connectivity index (χ2v) is 8.80. The molecule has 10 heteroatoms. The Hall–Kier alpha value is -0.780. The Morgan fingerprint density at radius 1 is 1.25 bits per heavy atom. The summed E-state index contributed by atoms with van der Waals surface area (Å²) >= 11 is 0. The lowest BCUT2D eigenvalue weighted by molar-refractivity contribution is -0.137. The van der Waals surface area contributed by atoms with Gasteiger partial charge in [-0.25, -0.2) is 0 Å². The van der Waals surface area contributed by atoms with Crippen molar-refractivity contribution in [2.75, 3.05) is 5.90 Å². The first-order valence-corrected chi connectivity index (χ1v) is 10.4. The quantitative estimate of drug-likeness (QED) is 0.598. The molecule has 0 heterocycles. The maximum atomic E-state index is 12.5. The molecule has 0 radical (unpaired) electrons. The molecule has 0 fully saturated rings. The van der Waals surface area contributed by atoms with Crippen LogP contribution in [0.1, 0.15) is 44.4 Å². The van der Waals surface area contributed by atoms with E-state index < -0.39 is 45.5 Å². The number of halogens is 3. The maximum Gasteiger partial charge on any atom is 0.521 e. The van der Waals surface area contributed by atoms with Crippen LogP contribution < -0.4 is 0 Å². The highest BCUT2D eigenvalue weighted by molar-refractivity contribution is 7.65. The van der Waals surface area contributed by atoms with Crippen LogP contribution in [0.5, 0.6) is 0 Å². The highest BCUT2D eigenvalue weighted by atomic mass is 31.2. The molecule has 0 saturated carbocycles. The summed E-state index contributed by atoms with van der Waals surface area (Å²) in [5.74, 6) is -0.669. The second kappa shape index (κ2) is 8.54. The molecular weight excluding hydrogens is 367 g/mol. The van der Waals surface area contributed by atoms with E-state index in [0.717, 1.165) is 12.1 Å². The van der Waals surface area contributed by atoms with E-state index >= 15 is 0 Å². The highest BCUT2D eigenvalue weighted by Gasteiger charge is 2.37. The molecule has 0 aliphatic rings. The lowest BCUT2D eigenvalue weighted by Gasteiger charge is -2.13. The van der Waals surface area contributed by atoms with Crippen molar-refractivity contribution >= 4 is 15.6 Å². The summed E-state index contributed by atoms with van der Waals surface area (Å²) in [5, 5.41) is 0. The summed E-state index contributed by atoms with van der Waals surface area (Å²) in [5.41, 5.74) is -0.424. The Bertz CT molecular complexity index is 603. The molecule has 4 atom stereocenters. The summed E-state index contributed by atoms with van der Waals surface area (Å²) in [6.07, 6.45) is -5.18. The maximum absolute atomic E-state index is 12.5. The molecule has 1 N–H and O–H groups in total. The van der Waals surface area contributed by atoms with Gasteiger partial charge >= 0.3 is 21.8 Å². The fraction of sp³-hybridized carbons (Fsp3) is 0.571. The molecule has 0 aromatic heterocycles. The number of hydrogen-bond acceptors (Lipinski definition) is 4. The minimum absolute atomic E-state index is 0.377. The molecule has 5 nitrogen and oxygen atoms in total. The zero-order chi connectivity index (χ0) is 18.5. The van der Waals surface area contributed by atoms with E-state index in [9.17, 15) is 27.2 Å². The standard InChI is InChI=1S/C14H19F3O5P2/c1-4-10(2)22-24(19,20)9-23(18)21-11(3)12-5-7-13(8-6-12)14(15,16)17/h5-8,10-11H,4,9H2,1-3H3/p+1. The van der Waals surface area contributed by atoms with Gasteiger partial charge in [0.15, 0.2) is 0 Å². The van der Waals surface area contributed by atoms with Gasteiger partial charge in [0.2, 0.25) is 0 Å². The van der Waals surface area contributed by atoms with Crippen LogP contribution in [0.2, 0.25) is 0 Å². The first-order valence-electron chi connectivity index (χ1n) is 7.23. The molecule has 0 aliphatic heterocycles. The molecule has 1 rings (SSSR count). The topological polar surface area (TPSA) is 72.8 Å². The Morgan fingerprint density at radius 3 is 2.25 bits per heavy atom. The molecule has 136 valence electrons. The summed E-state index contributed by atoms with van der Waals surface area (Å²) in [6, 6.07) is 4.21. The van der Waals surface area contributed by atoms with E-state index in [-0.39, 0.29) is 0 Å². The predicted octanol–water partition coefficient (Wildman–Crippen LogP) is 5.48. The van der Waals surface area contributed by atoms with Crippen molar-refractivity contribution in [2.24, 2.45) is 0 Å². The summed E-state index contributed by atoms with van der Waals surface area (Å²) in [4.78, 5) is 9.64. The van der Waals surface area contributed by atoms with Crippen LogP contribution in [0.3, 0.4) is 0 Å². The average Bonchev–Trinajstić information content (AvgIpc) is 2.44. The van der Waals surface area contributed by atoms with E-state index in [1.165, 1.54) is 19.1 Å². The number of hydrogen-bond donors (Lipinski definition) is 1. The Kier molecular flexibility index (Phi) is 7.57. The normalized spacial score (nSPS) is 17.9. The first-order chi connectivity index (χ1) is 10.9. The molecule has 0 saturated heterocycles. The van der Waals surface area contributed by atoms with Crippen molar-refractivity contribution in [3.8, 4) is 0 Å². The van der Waals surface area contributed by atoms with Gasteiger partial charge in [0, 0.05) is 0 Å². The van der Waals surface area contributed by atoms with Crippen LogP contribution in [-0.2, 0) is 24.4 Å². The van der Waals surface area contributed by atoms with Crippen molar-refractivity contribution in [3.63, 3.8) is 0 Å². The third kappa shape index (κ3) is 6.99. The van der Waals surface area contributed by atoms with Gasteiger partial charge in [-0.2, -0.15) is 13.2 Å². The minimum atomic E-state index is -4.44. The lowest BCUT2D eigenvalue weighted by Crippen LogP contribution is -2.06. The fourth-order valence-electron chi connectivity index (χ4n) is 1.75. The van der Waals surface area contributed by atoms with Crippen molar-refractivity contribution in [3.05, 3.63) is 35.4 Å². The van der Waals surface area contributed by atoms with Crippen LogP contribution in [0, 0.1) is 0 Å². The number of alkyl halides is 3. The van der Waals surface area contributed by atoms with Crippen LogP contribution in [0.15, 0.2) is 24.3 Å². The van der Waals surface area contributed by atoms with Gasteiger partial charge in [-0.05, 0) is 42.5 Å². The van der Waals surface area contributed by atoms with Crippen LogP contribution in [0.25, 0.3) is 0 Å².